The number of hydrogen-bond acceptors (Lipinski definition) is 4. The Balaban J connectivity index is 5.21. The van der Waals surface area contributed by atoms with Gasteiger partial charge in [0.15, 0.2) is 0 Å². The number of allylic oxidation sites excluding steroid dienone is 2. The Morgan fingerprint density at radius 2 is 1.80 bits per heavy atom. The molecule has 0 amide bonds. The fourth-order valence-corrected chi connectivity index (χ4v) is 3.12. The zero-order valence-corrected chi connectivity index (χ0v) is 13.8. The molecule has 0 radical (unpaired) electrons. The van der Waals surface area contributed by atoms with E-state index in [1.807, 2.05) is 6.92 Å². The van der Waals surface area contributed by atoms with Crippen LogP contribution in [0.25, 0.3) is 0 Å². The summed E-state index contributed by atoms with van der Waals surface area (Å²) in [6.45, 7) is 10.8. The van der Waals surface area contributed by atoms with Crippen LogP contribution in [0.5, 0.6) is 0 Å². The van der Waals surface area contributed by atoms with Gasteiger partial charge in [0.2, 0.25) is 0 Å². The summed E-state index contributed by atoms with van der Waals surface area (Å²) in [5, 5.41) is 24.5. The highest BCUT2D eigenvalue weighted by Crippen LogP contribution is 2.34. The molecule has 0 saturated heterocycles. The normalized spacial score (nSPS) is 18.4. The van der Waals surface area contributed by atoms with Crippen LogP contribution in [0, 0.1) is 17.8 Å². The second-order valence-electron chi connectivity index (χ2n) is 5.57. The van der Waals surface area contributed by atoms with Gasteiger partial charge in [-0.15, -0.1) is 0 Å². The molecule has 4 atom stereocenters. The number of hydrogen-bond donors (Lipinski definition) is 4. The number of aliphatic hydroxyl groups is 2. The smallest absolute Gasteiger partial charge is 0.113 e. The van der Waals surface area contributed by atoms with Crippen LogP contribution in [0.1, 0.15) is 53.9 Å². The van der Waals surface area contributed by atoms with Crippen LogP contribution in [0.4, 0.5) is 0 Å². The largest absolute Gasteiger partial charge is 0.381 e. The van der Waals surface area contributed by atoms with Crippen molar-refractivity contribution in [2.45, 2.75) is 59.9 Å². The predicted octanol–water partition coefficient (Wildman–Crippen LogP) is 2.44. The van der Waals surface area contributed by atoms with Crippen LogP contribution in [0.15, 0.2) is 11.8 Å². The van der Waals surface area contributed by atoms with Crippen LogP contribution in [-0.4, -0.2) is 29.7 Å². The van der Waals surface area contributed by atoms with Crippen molar-refractivity contribution in [3.63, 3.8) is 0 Å². The number of rotatable bonds is 11. The van der Waals surface area contributed by atoms with Crippen molar-refractivity contribution in [3.8, 4) is 0 Å². The van der Waals surface area contributed by atoms with Crippen molar-refractivity contribution in [1.82, 2.24) is 10.6 Å². The lowest BCUT2D eigenvalue weighted by molar-refractivity contribution is 0.165. The van der Waals surface area contributed by atoms with Gasteiger partial charge in [-0.2, -0.15) is 0 Å². The van der Waals surface area contributed by atoms with E-state index in [0.29, 0.717) is 17.8 Å². The Labute approximate surface area is 124 Å². The zero-order valence-electron chi connectivity index (χ0n) is 13.8. The van der Waals surface area contributed by atoms with Gasteiger partial charge in [-0.3, -0.25) is 5.32 Å². The minimum atomic E-state index is -0.0345. The molecule has 4 N–H and O–H groups in total. The molecule has 0 heterocycles. The lowest BCUT2D eigenvalue weighted by Gasteiger charge is -2.37. The summed E-state index contributed by atoms with van der Waals surface area (Å²) in [7, 11) is 0. The molecule has 120 valence electrons. The van der Waals surface area contributed by atoms with Crippen molar-refractivity contribution in [3.05, 3.63) is 11.8 Å². The summed E-state index contributed by atoms with van der Waals surface area (Å²) in [6, 6.07) is 0.228. The molecule has 0 aliphatic rings. The maximum absolute atomic E-state index is 9.22. The standard InChI is InChI=1S/C16H34N2O2/c1-6-9-14(7-2)16(15(8-3)18-11-20)12(4)13(5)17-10-19/h8,12-14,16-20H,6-7,9-11H2,1-5H3/b15-8+. The van der Waals surface area contributed by atoms with Crippen molar-refractivity contribution >= 4 is 0 Å². The van der Waals surface area contributed by atoms with Gasteiger partial charge in [0.25, 0.3) is 0 Å². The van der Waals surface area contributed by atoms with E-state index in [-0.39, 0.29) is 19.5 Å². The van der Waals surface area contributed by atoms with E-state index in [4.69, 9.17) is 5.11 Å². The van der Waals surface area contributed by atoms with Gasteiger partial charge >= 0.3 is 0 Å². The van der Waals surface area contributed by atoms with Gasteiger partial charge in [0.05, 0.1) is 6.73 Å². The summed E-state index contributed by atoms with van der Waals surface area (Å²) in [5.41, 5.74) is 1.12. The molecule has 0 saturated carbocycles. The molecule has 0 spiro atoms. The van der Waals surface area contributed by atoms with Gasteiger partial charge in [0, 0.05) is 17.7 Å². The molecule has 0 aliphatic heterocycles. The van der Waals surface area contributed by atoms with Gasteiger partial charge in [-0.05, 0) is 25.7 Å². The van der Waals surface area contributed by atoms with Crippen molar-refractivity contribution < 1.29 is 10.2 Å². The average Bonchev–Trinajstić information content (AvgIpc) is 2.45. The quantitative estimate of drug-likeness (QED) is 0.441. The number of nitrogens with one attached hydrogen (secondary N) is 2. The molecule has 0 aromatic carbocycles. The van der Waals surface area contributed by atoms with Crippen molar-refractivity contribution in [1.29, 1.82) is 0 Å². The molecule has 4 heteroatoms. The monoisotopic (exact) mass is 286 g/mol. The third-order valence-corrected chi connectivity index (χ3v) is 4.41. The summed E-state index contributed by atoms with van der Waals surface area (Å²) in [6.07, 6.45) is 5.54. The van der Waals surface area contributed by atoms with E-state index in [1.165, 1.54) is 12.8 Å². The third-order valence-electron chi connectivity index (χ3n) is 4.41. The highest BCUT2D eigenvalue weighted by Gasteiger charge is 2.31. The second-order valence-corrected chi connectivity index (χ2v) is 5.57. The fraction of sp³-hybridized carbons (Fsp3) is 0.875. The Morgan fingerprint density at radius 3 is 2.20 bits per heavy atom. The van der Waals surface area contributed by atoms with Gasteiger partial charge < -0.3 is 15.5 Å². The zero-order chi connectivity index (χ0) is 15.5. The third kappa shape index (κ3) is 5.81. The highest BCUT2D eigenvalue weighted by atomic mass is 16.3. The first-order valence-electron chi connectivity index (χ1n) is 7.92. The highest BCUT2D eigenvalue weighted by molar-refractivity contribution is 5.07. The Kier molecular flexibility index (Phi) is 10.8. The molecule has 0 rings (SSSR count). The molecule has 20 heavy (non-hydrogen) atoms. The molecule has 0 bridgehead atoms. The average molecular weight is 286 g/mol. The molecule has 4 nitrogen and oxygen atoms in total. The van der Waals surface area contributed by atoms with Gasteiger partial charge in [0.1, 0.15) is 6.73 Å². The van der Waals surface area contributed by atoms with Crippen molar-refractivity contribution in [2.75, 3.05) is 13.5 Å². The Hall–Kier alpha value is -0.580. The first kappa shape index (κ1) is 19.4. The Bertz CT molecular complexity index is 269. The van der Waals surface area contributed by atoms with Crippen LogP contribution >= 0.6 is 0 Å². The van der Waals surface area contributed by atoms with Gasteiger partial charge in [-0.25, -0.2) is 0 Å². The summed E-state index contributed by atoms with van der Waals surface area (Å²) in [4.78, 5) is 0. The number of aliphatic hydroxyl groups excluding tert-OH is 2. The van der Waals surface area contributed by atoms with Crippen LogP contribution in [0.2, 0.25) is 0 Å². The van der Waals surface area contributed by atoms with E-state index < -0.39 is 0 Å². The molecule has 4 unspecified atom stereocenters. The summed E-state index contributed by atoms with van der Waals surface area (Å²) in [5.74, 6) is 1.33. The fourth-order valence-electron chi connectivity index (χ4n) is 3.12. The molecule has 0 fully saturated rings. The molecular formula is C16H34N2O2. The summed E-state index contributed by atoms with van der Waals surface area (Å²) >= 11 is 0. The topological polar surface area (TPSA) is 64.5 Å². The lowest BCUT2D eigenvalue weighted by Crippen LogP contribution is -2.41. The minimum Gasteiger partial charge on any atom is -0.381 e. The molecule has 0 aromatic rings. The lowest BCUT2D eigenvalue weighted by atomic mass is 9.74. The maximum Gasteiger partial charge on any atom is 0.113 e. The van der Waals surface area contributed by atoms with E-state index in [2.05, 4.69) is 44.4 Å². The van der Waals surface area contributed by atoms with Crippen molar-refractivity contribution in [2.24, 2.45) is 17.8 Å². The molecule has 0 aromatic heterocycles. The maximum atomic E-state index is 9.22. The Morgan fingerprint density at radius 1 is 1.15 bits per heavy atom. The SMILES string of the molecule is C/C=C(/NCO)C(C(CC)CCC)C(C)C(C)NCO. The van der Waals surface area contributed by atoms with Crippen LogP contribution < -0.4 is 10.6 Å². The van der Waals surface area contributed by atoms with Crippen LogP contribution in [-0.2, 0) is 0 Å². The van der Waals surface area contributed by atoms with E-state index >= 15 is 0 Å². The first-order chi connectivity index (χ1) is 9.56. The minimum absolute atomic E-state index is 0.00139. The van der Waals surface area contributed by atoms with E-state index in [0.717, 1.165) is 12.1 Å². The molecular weight excluding hydrogens is 252 g/mol. The summed E-state index contributed by atoms with van der Waals surface area (Å²) < 4.78 is 0. The molecule has 0 aliphatic carbocycles. The van der Waals surface area contributed by atoms with Crippen LogP contribution in [0.3, 0.4) is 0 Å². The second kappa shape index (κ2) is 11.1. The van der Waals surface area contributed by atoms with E-state index in [9.17, 15) is 5.11 Å². The van der Waals surface area contributed by atoms with E-state index in [1.54, 1.807) is 0 Å². The predicted molar refractivity (Wildman–Crippen MR) is 85.0 cm³/mol. The first-order valence-corrected chi connectivity index (χ1v) is 7.92. The van der Waals surface area contributed by atoms with Gasteiger partial charge in [-0.1, -0.05) is 46.1 Å².